The minimum atomic E-state index is -0.915. The zero-order valence-corrected chi connectivity index (χ0v) is 14.1. The summed E-state index contributed by atoms with van der Waals surface area (Å²) in [6, 6.07) is 30.5. The molecule has 1 radical (unpaired) electrons. The van der Waals surface area contributed by atoms with E-state index in [0.29, 0.717) is 0 Å². The second-order valence-electron chi connectivity index (χ2n) is 4.59. The van der Waals surface area contributed by atoms with Gasteiger partial charge in [-0.1, -0.05) is 89.2 Å². The van der Waals surface area contributed by atoms with E-state index in [1.807, 2.05) is 0 Å². The Morgan fingerprint density at radius 2 is 1.00 bits per heavy atom. The average molecular weight is 385 g/mol. The molecule has 0 atom stereocenters. The summed E-state index contributed by atoms with van der Waals surface area (Å²) in [7, 11) is -0.915. The van der Waals surface area contributed by atoms with Gasteiger partial charge >= 0.3 is 0 Å². The number of benzene rings is 3. The maximum atomic E-state index is 2.45. The molecule has 0 aliphatic rings. The van der Waals surface area contributed by atoms with Crippen molar-refractivity contribution in [2.45, 2.75) is 0 Å². The molecule has 20 heavy (non-hydrogen) atoms. The van der Waals surface area contributed by atoms with Gasteiger partial charge in [0, 0.05) is 3.57 Å². The Kier molecular flexibility index (Phi) is 4.33. The molecule has 0 N–H and O–H groups in total. The van der Waals surface area contributed by atoms with E-state index < -0.39 is 8.80 Å². The summed E-state index contributed by atoms with van der Waals surface area (Å²) in [4.78, 5) is 0. The van der Waals surface area contributed by atoms with E-state index in [2.05, 4.69) is 108 Å². The molecule has 0 aliphatic heterocycles. The van der Waals surface area contributed by atoms with Crippen LogP contribution >= 0.6 is 22.6 Å². The van der Waals surface area contributed by atoms with E-state index in [1.165, 1.54) is 19.1 Å². The van der Waals surface area contributed by atoms with Crippen LogP contribution in [-0.2, 0) is 0 Å². The van der Waals surface area contributed by atoms with E-state index >= 15 is 0 Å². The van der Waals surface area contributed by atoms with Crippen LogP contribution in [0.3, 0.4) is 0 Å². The first kappa shape index (κ1) is 13.6. The van der Waals surface area contributed by atoms with Crippen LogP contribution in [0.1, 0.15) is 0 Å². The Labute approximate surface area is 135 Å². The first-order valence-corrected chi connectivity index (χ1v) is 9.17. The van der Waals surface area contributed by atoms with Crippen LogP contribution in [0.25, 0.3) is 0 Å². The van der Waals surface area contributed by atoms with Crippen molar-refractivity contribution in [2.24, 2.45) is 0 Å². The van der Waals surface area contributed by atoms with E-state index in [4.69, 9.17) is 0 Å². The summed E-state index contributed by atoms with van der Waals surface area (Å²) in [5.41, 5.74) is 0. The van der Waals surface area contributed by atoms with Gasteiger partial charge in [-0.25, -0.2) is 0 Å². The fourth-order valence-corrected chi connectivity index (χ4v) is 6.14. The number of hydrogen-bond acceptors (Lipinski definition) is 0. The van der Waals surface area contributed by atoms with E-state index in [1.54, 1.807) is 0 Å². The minimum absolute atomic E-state index is 0.915. The third kappa shape index (κ3) is 2.86. The highest BCUT2D eigenvalue weighted by Gasteiger charge is 2.20. The van der Waals surface area contributed by atoms with Crippen LogP contribution in [0, 0.1) is 3.57 Å². The van der Waals surface area contributed by atoms with Crippen LogP contribution in [0.4, 0.5) is 0 Å². The predicted octanol–water partition coefficient (Wildman–Crippen LogP) is 2.81. The van der Waals surface area contributed by atoms with Gasteiger partial charge in [-0.15, -0.1) is 0 Å². The summed E-state index contributed by atoms with van der Waals surface area (Å²) in [6.07, 6.45) is 0. The van der Waals surface area contributed by atoms with Gasteiger partial charge < -0.3 is 0 Å². The SMILES string of the molecule is Ic1ccccc1[Si](c1ccccc1)c1ccccc1. The fourth-order valence-electron chi connectivity index (χ4n) is 2.35. The van der Waals surface area contributed by atoms with Crippen molar-refractivity contribution in [3.05, 3.63) is 88.5 Å². The van der Waals surface area contributed by atoms with E-state index in [0.717, 1.165) is 0 Å². The van der Waals surface area contributed by atoms with Gasteiger partial charge in [-0.2, -0.15) is 0 Å². The molecule has 0 heterocycles. The Balaban J connectivity index is 2.17. The lowest BCUT2D eigenvalue weighted by Gasteiger charge is -2.17. The Hall–Kier alpha value is -1.39. The lowest BCUT2D eigenvalue weighted by atomic mass is 10.3. The van der Waals surface area contributed by atoms with Crippen LogP contribution in [0.2, 0.25) is 0 Å². The number of rotatable bonds is 3. The molecular weight excluding hydrogens is 371 g/mol. The monoisotopic (exact) mass is 385 g/mol. The average Bonchev–Trinajstić information content (AvgIpc) is 2.52. The van der Waals surface area contributed by atoms with E-state index in [9.17, 15) is 0 Å². The Morgan fingerprint density at radius 1 is 0.550 bits per heavy atom. The maximum Gasteiger partial charge on any atom is 0.155 e. The standard InChI is InChI=1S/C18H14ISi/c19-17-13-7-8-14-18(17)20(15-9-3-1-4-10-15)16-11-5-2-6-12-16/h1-14H. The molecular formula is C18H14ISi. The predicted molar refractivity (Wildman–Crippen MR) is 96.7 cm³/mol. The summed E-state index contributed by atoms with van der Waals surface area (Å²) in [5, 5.41) is 4.34. The van der Waals surface area contributed by atoms with Crippen molar-refractivity contribution in [2.75, 3.05) is 0 Å². The van der Waals surface area contributed by atoms with E-state index in [-0.39, 0.29) is 0 Å². The van der Waals surface area contributed by atoms with Gasteiger partial charge in [0.15, 0.2) is 8.80 Å². The normalized spacial score (nSPS) is 10.7. The summed E-state index contributed by atoms with van der Waals surface area (Å²) >= 11 is 2.45. The quantitative estimate of drug-likeness (QED) is 0.370. The molecule has 0 amide bonds. The van der Waals surface area contributed by atoms with Gasteiger partial charge in [0.2, 0.25) is 0 Å². The van der Waals surface area contributed by atoms with Crippen LogP contribution in [0.5, 0.6) is 0 Å². The zero-order chi connectivity index (χ0) is 13.8. The number of hydrogen-bond donors (Lipinski definition) is 0. The first-order valence-electron chi connectivity index (χ1n) is 6.59. The molecule has 3 rings (SSSR count). The molecule has 0 spiro atoms. The van der Waals surface area contributed by atoms with Crippen molar-refractivity contribution in [3.8, 4) is 0 Å². The molecule has 3 aromatic carbocycles. The fraction of sp³-hybridized carbons (Fsp3) is 0. The molecule has 3 aromatic rings. The van der Waals surface area contributed by atoms with Crippen molar-refractivity contribution >= 4 is 46.9 Å². The second-order valence-corrected chi connectivity index (χ2v) is 8.19. The van der Waals surface area contributed by atoms with Crippen LogP contribution < -0.4 is 15.6 Å². The molecule has 0 saturated heterocycles. The lowest BCUT2D eigenvalue weighted by Crippen LogP contribution is -2.52. The number of halogens is 1. The third-order valence-electron chi connectivity index (χ3n) is 3.27. The zero-order valence-electron chi connectivity index (χ0n) is 11.0. The molecule has 0 bridgehead atoms. The third-order valence-corrected chi connectivity index (χ3v) is 7.51. The molecule has 0 saturated carbocycles. The summed E-state index contributed by atoms with van der Waals surface area (Å²) < 4.78 is 1.35. The molecule has 2 heteroatoms. The lowest BCUT2D eigenvalue weighted by molar-refractivity contribution is 1.68. The van der Waals surface area contributed by atoms with Crippen molar-refractivity contribution in [1.82, 2.24) is 0 Å². The van der Waals surface area contributed by atoms with Crippen LogP contribution in [0.15, 0.2) is 84.9 Å². The van der Waals surface area contributed by atoms with Crippen molar-refractivity contribution in [1.29, 1.82) is 0 Å². The smallest absolute Gasteiger partial charge is 0.0624 e. The highest BCUT2D eigenvalue weighted by Crippen LogP contribution is 2.03. The molecule has 0 fully saturated rings. The molecule has 0 nitrogen and oxygen atoms in total. The molecule has 0 aromatic heterocycles. The van der Waals surface area contributed by atoms with Crippen molar-refractivity contribution in [3.63, 3.8) is 0 Å². The van der Waals surface area contributed by atoms with Crippen LogP contribution in [-0.4, -0.2) is 8.80 Å². The van der Waals surface area contributed by atoms with Crippen molar-refractivity contribution < 1.29 is 0 Å². The van der Waals surface area contributed by atoms with Gasteiger partial charge in [-0.05, 0) is 33.8 Å². The largest absolute Gasteiger partial charge is 0.155 e. The van der Waals surface area contributed by atoms with Gasteiger partial charge in [0.1, 0.15) is 0 Å². The second kappa shape index (κ2) is 6.37. The first-order chi connectivity index (χ1) is 9.86. The topological polar surface area (TPSA) is 0 Å². The van der Waals surface area contributed by atoms with Gasteiger partial charge in [-0.3, -0.25) is 0 Å². The highest BCUT2D eigenvalue weighted by atomic mass is 127. The highest BCUT2D eigenvalue weighted by molar-refractivity contribution is 14.1. The molecule has 97 valence electrons. The summed E-state index contributed by atoms with van der Waals surface area (Å²) in [5.74, 6) is 0. The summed E-state index contributed by atoms with van der Waals surface area (Å²) in [6.45, 7) is 0. The minimum Gasteiger partial charge on any atom is -0.0624 e. The Morgan fingerprint density at radius 3 is 1.50 bits per heavy atom. The maximum absolute atomic E-state index is 2.45. The molecule has 0 aliphatic carbocycles. The Bertz CT molecular complexity index is 641. The van der Waals surface area contributed by atoms with Gasteiger partial charge in [0.25, 0.3) is 0 Å². The van der Waals surface area contributed by atoms with Gasteiger partial charge in [0.05, 0.1) is 0 Å². The molecule has 0 unspecified atom stereocenters.